The Kier molecular flexibility index (Phi) is 8.29. The van der Waals surface area contributed by atoms with E-state index in [2.05, 4.69) is 0 Å². The van der Waals surface area contributed by atoms with E-state index < -0.39 is 97.8 Å². The molecule has 3 fully saturated rings. The quantitative estimate of drug-likeness (QED) is 0.215. The number of hydrogen-bond donors (Lipinski definition) is 1. The van der Waals surface area contributed by atoms with Crippen LogP contribution in [0.25, 0.3) is 0 Å². The number of esters is 1. The molecule has 6 nitrogen and oxygen atoms in total. The molecule has 0 heterocycles. The monoisotopic (exact) mass is 654 g/mol. The van der Waals surface area contributed by atoms with Gasteiger partial charge in [0.15, 0.2) is 22.8 Å². The molecule has 0 bridgehead atoms. The van der Waals surface area contributed by atoms with Gasteiger partial charge in [0.25, 0.3) is 0 Å². The summed E-state index contributed by atoms with van der Waals surface area (Å²) in [4.78, 5) is 52.3. The van der Waals surface area contributed by atoms with E-state index in [0.29, 0.717) is 11.8 Å². The fourth-order valence-electron chi connectivity index (χ4n) is 8.76. The zero-order valence-electron chi connectivity index (χ0n) is 25.3. The number of ether oxygens (including phenoxy) is 1. The van der Waals surface area contributed by atoms with E-state index in [0.717, 1.165) is 30.4 Å². The molecule has 3 saturated carbocycles. The van der Waals surface area contributed by atoms with Crippen LogP contribution in [0.3, 0.4) is 0 Å². The predicted molar refractivity (Wildman–Crippen MR) is 156 cm³/mol. The highest BCUT2D eigenvalue weighted by molar-refractivity contribution is 8.14. The van der Waals surface area contributed by atoms with E-state index in [9.17, 15) is 37.5 Å². The van der Waals surface area contributed by atoms with Gasteiger partial charge < -0.3 is 9.84 Å². The number of thioether (sulfide) groups is 1. The van der Waals surface area contributed by atoms with Crippen molar-refractivity contribution < 1.29 is 51.0 Å². The van der Waals surface area contributed by atoms with Crippen molar-refractivity contribution in [2.24, 2.45) is 28.6 Å². The number of aliphatic hydroxyl groups excluding tert-OH is 1. The Morgan fingerprint density at radius 1 is 1.11 bits per heavy atom. The van der Waals surface area contributed by atoms with E-state index in [-0.39, 0.29) is 31.3 Å². The second kappa shape index (κ2) is 11.1. The summed E-state index contributed by atoms with van der Waals surface area (Å²) in [5, 5.41) is 10.8. The van der Waals surface area contributed by atoms with Crippen LogP contribution in [0.2, 0.25) is 0 Å². The number of rotatable bonds is 6. The van der Waals surface area contributed by atoms with Gasteiger partial charge in [0.1, 0.15) is 6.17 Å². The van der Waals surface area contributed by atoms with Gasteiger partial charge in [-0.25, -0.2) is 8.78 Å². The van der Waals surface area contributed by atoms with Crippen LogP contribution in [0, 0.1) is 28.6 Å². The third kappa shape index (κ3) is 4.75. The van der Waals surface area contributed by atoms with Gasteiger partial charge >= 0.3 is 12.1 Å². The summed E-state index contributed by atoms with van der Waals surface area (Å²) >= 11 is 0.413. The molecule has 1 N–H and O–H groups in total. The minimum absolute atomic E-state index is 0.0598. The fourth-order valence-corrected chi connectivity index (χ4v) is 9.87. The number of carbonyl (C=O) groups is 4. The lowest BCUT2D eigenvalue weighted by Crippen LogP contribution is -2.70. The zero-order chi connectivity index (χ0) is 33.3. The molecule has 244 valence electrons. The van der Waals surface area contributed by atoms with Crippen LogP contribution in [-0.2, 0) is 25.3 Å². The third-order valence-electron chi connectivity index (χ3n) is 10.9. The Morgan fingerprint density at radius 2 is 1.78 bits per heavy atom. The Balaban J connectivity index is 1.53. The Hall–Kier alpha value is -2.86. The number of Topliss-reactive ketones (excluding diaryl/α,β-unsaturated/α-hetero) is 1. The van der Waals surface area contributed by atoms with Crippen molar-refractivity contribution in [2.75, 3.05) is 5.75 Å². The summed E-state index contributed by atoms with van der Waals surface area (Å²) in [5.41, 5.74) is -9.34. The predicted octanol–water partition coefficient (Wildman–Crippen LogP) is 6.40. The first-order chi connectivity index (χ1) is 20.9. The maximum absolute atomic E-state index is 17.6. The minimum atomic E-state index is -4.81. The molecular weight excluding hydrogens is 619 g/mol. The Labute approximate surface area is 261 Å². The number of aliphatic hydroxyl groups is 1. The molecule has 0 saturated heterocycles. The van der Waals surface area contributed by atoms with Crippen LogP contribution >= 0.6 is 11.8 Å². The maximum atomic E-state index is 17.6. The number of alkyl halides is 5. The number of fused-ring (bicyclic) bond motifs is 5. The molecular formula is C33H35F5O6S. The Bertz CT molecular complexity index is 1510. The number of ketones is 2. The summed E-state index contributed by atoms with van der Waals surface area (Å²) in [6.07, 6.45) is -5.56. The maximum Gasteiger partial charge on any atom is 0.417 e. The largest absolute Gasteiger partial charge is 0.449 e. The standard InChI is InChI=1S/C33H35F5O6S/c1-5-27(42)44-32(28(43)45-16-25(40)19-8-6-7-9-20(19)33(36,37)38)17(2)12-21-22-14-24(34)23-13-18(39)10-11-29(23,3)31(22,35)26(41)15-30(21,32)4/h6-11,13,17,21-22,24,26,41H,5,12,14-16H2,1-4H3/t17-,21+,22+,24+,26+,29+,30+,31+,32+/m1/s1. The van der Waals surface area contributed by atoms with Crippen molar-refractivity contribution >= 4 is 34.4 Å². The van der Waals surface area contributed by atoms with Crippen LogP contribution in [-0.4, -0.2) is 57.1 Å². The van der Waals surface area contributed by atoms with E-state index in [1.165, 1.54) is 26.0 Å². The molecule has 12 heteroatoms. The smallest absolute Gasteiger partial charge is 0.417 e. The Morgan fingerprint density at radius 3 is 2.42 bits per heavy atom. The first-order valence-corrected chi connectivity index (χ1v) is 15.9. The molecule has 0 unspecified atom stereocenters. The second-order valence-corrected chi connectivity index (χ2v) is 14.1. The van der Waals surface area contributed by atoms with Crippen molar-refractivity contribution in [1.82, 2.24) is 0 Å². The van der Waals surface area contributed by atoms with Crippen molar-refractivity contribution in [2.45, 2.75) is 83.1 Å². The number of allylic oxidation sites excluding steroid dienone is 4. The molecule has 1 aromatic carbocycles. The lowest BCUT2D eigenvalue weighted by molar-refractivity contribution is -0.228. The SMILES string of the molecule is CCC(=O)O[C@]1(C(=O)SCC(=O)c2ccccc2C(F)(F)F)[C@H](C)C[C@H]2[C@@H]3C[C@H](F)C4=CC(=O)C=C[C@]4(C)[C@@]3(F)[C@@H](O)C[C@@]21C. The molecule has 0 radical (unpaired) electrons. The fraction of sp³-hybridized carbons (Fsp3) is 0.576. The van der Waals surface area contributed by atoms with Gasteiger partial charge in [0.05, 0.1) is 17.4 Å². The van der Waals surface area contributed by atoms with Gasteiger partial charge in [0, 0.05) is 34.7 Å². The van der Waals surface area contributed by atoms with Crippen LogP contribution in [0.4, 0.5) is 22.0 Å². The first-order valence-electron chi connectivity index (χ1n) is 14.9. The lowest BCUT2D eigenvalue weighted by Gasteiger charge is -2.63. The molecule has 45 heavy (non-hydrogen) atoms. The summed E-state index contributed by atoms with van der Waals surface area (Å²) < 4.78 is 80.1. The van der Waals surface area contributed by atoms with Crippen LogP contribution in [0.1, 0.15) is 69.3 Å². The van der Waals surface area contributed by atoms with Gasteiger partial charge in [-0.05, 0) is 55.9 Å². The summed E-state index contributed by atoms with van der Waals surface area (Å²) in [7, 11) is 0. The highest BCUT2D eigenvalue weighted by atomic mass is 32.2. The summed E-state index contributed by atoms with van der Waals surface area (Å²) in [6, 6.07) is 4.20. The molecule has 0 amide bonds. The number of halogens is 5. The van der Waals surface area contributed by atoms with Crippen LogP contribution in [0.15, 0.2) is 48.1 Å². The number of carbonyl (C=O) groups excluding carboxylic acids is 4. The summed E-state index contributed by atoms with van der Waals surface area (Å²) in [6.45, 7) is 6.17. The number of hydrogen-bond acceptors (Lipinski definition) is 7. The highest BCUT2D eigenvalue weighted by Gasteiger charge is 2.78. The van der Waals surface area contributed by atoms with Crippen molar-refractivity contribution in [1.29, 1.82) is 0 Å². The van der Waals surface area contributed by atoms with E-state index in [4.69, 9.17) is 4.74 Å². The van der Waals surface area contributed by atoms with E-state index >= 15 is 8.78 Å². The molecule has 9 atom stereocenters. The minimum Gasteiger partial charge on any atom is -0.449 e. The molecule has 0 aliphatic heterocycles. The molecule has 0 aromatic heterocycles. The normalized spacial score (nSPS) is 38.9. The topological polar surface area (TPSA) is 97.7 Å². The van der Waals surface area contributed by atoms with Crippen molar-refractivity contribution in [3.63, 3.8) is 0 Å². The molecule has 4 aliphatic carbocycles. The summed E-state index contributed by atoms with van der Waals surface area (Å²) in [5.74, 6) is -5.62. The van der Waals surface area contributed by atoms with Crippen LogP contribution in [0.5, 0.6) is 0 Å². The third-order valence-corrected chi connectivity index (χ3v) is 11.9. The molecule has 0 spiro atoms. The lowest BCUT2D eigenvalue weighted by atomic mass is 9.44. The van der Waals surface area contributed by atoms with E-state index in [1.54, 1.807) is 13.8 Å². The average molecular weight is 655 g/mol. The number of benzene rings is 1. The zero-order valence-corrected chi connectivity index (χ0v) is 26.1. The average Bonchev–Trinajstić information content (AvgIpc) is 3.19. The second-order valence-electron chi connectivity index (χ2n) is 13.1. The van der Waals surface area contributed by atoms with Crippen molar-refractivity contribution in [3.8, 4) is 0 Å². The van der Waals surface area contributed by atoms with Gasteiger partial charge in [-0.2, -0.15) is 13.2 Å². The molecule has 4 aliphatic rings. The molecule has 5 rings (SSSR count). The van der Waals surface area contributed by atoms with Crippen LogP contribution < -0.4 is 0 Å². The van der Waals surface area contributed by atoms with Gasteiger partial charge in [-0.1, -0.05) is 56.8 Å². The van der Waals surface area contributed by atoms with Gasteiger partial charge in [-0.3, -0.25) is 19.2 Å². The van der Waals surface area contributed by atoms with Gasteiger partial charge in [-0.15, -0.1) is 0 Å². The molecule has 1 aromatic rings. The van der Waals surface area contributed by atoms with Gasteiger partial charge in [0.2, 0.25) is 5.12 Å². The van der Waals surface area contributed by atoms with Crippen molar-refractivity contribution in [3.05, 3.63) is 59.2 Å². The first kappa shape index (κ1) is 33.5. The van der Waals surface area contributed by atoms with E-state index in [1.807, 2.05) is 0 Å². The highest BCUT2D eigenvalue weighted by Crippen LogP contribution is 2.72.